The molecular weight excluding hydrogens is 264 g/mol. The number of hydrogen-bond acceptors (Lipinski definition) is 6. The van der Waals surface area contributed by atoms with Gasteiger partial charge in [-0.05, 0) is 13.8 Å². The van der Waals surface area contributed by atoms with E-state index in [2.05, 4.69) is 20.3 Å². The van der Waals surface area contributed by atoms with Gasteiger partial charge in [0.05, 0.1) is 5.01 Å². The smallest absolute Gasteiger partial charge is 0.355 e. The van der Waals surface area contributed by atoms with Gasteiger partial charge >= 0.3 is 5.97 Å². The number of carboxylic acid groups (broad SMARTS) is 1. The lowest BCUT2D eigenvalue weighted by Crippen LogP contribution is -2.08. The molecule has 0 aliphatic rings. The molecule has 0 bridgehead atoms. The summed E-state index contributed by atoms with van der Waals surface area (Å²) < 4.78 is 0. The van der Waals surface area contributed by atoms with Gasteiger partial charge in [0, 0.05) is 30.1 Å². The van der Waals surface area contributed by atoms with Crippen LogP contribution >= 0.6 is 11.3 Å². The van der Waals surface area contributed by atoms with Gasteiger partial charge in [0.15, 0.2) is 5.69 Å². The van der Waals surface area contributed by atoms with E-state index in [1.54, 1.807) is 5.38 Å². The topological polar surface area (TPSA) is 88.0 Å². The fraction of sp³-hybridized carbons (Fsp3) is 0.333. The summed E-state index contributed by atoms with van der Waals surface area (Å²) in [7, 11) is 0. The van der Waals surface area contributed by atoms with Gasteiger partial charge in [0.2, 0.25) is 0 Å². The van der Waals surface area contributed by atoms with Crippen molar-refractivity contribution in [1.29, 1.82) is 0 Å². The third kappa shape index (κ3) is 3.72. The Kier molecular flexibility index (Phi) is 4.06. The number of anilines is 1. The van der Waals surface area contributed by atoms with E-state index in [1.807, 2.05) is 19.9 Å². The molecule has 0 aliphatic carbocycles. The van der Waals surface area contributed by atoms with Crippen LogP contribution in [0.5, 0.6) is 0 Å². The van der Waals surface area contributed by atoms with Gasteiger partial charge in [-0.2, -0.15) is 0 Å². The van der Waals surface area contributed by atoms with Crippen molar-refractivity contribution in [3.63, 3.8) is 0 Å². The van der Waals surface area contributed by atoms with Crippen molar-refractivity contribution in [3.05, 3.63) is 33.7 Å². The Hall–Kier alpha value is -2.02. The molecule has 0 atom stereocenters. The molecule has 7 heteroatoms. The fourth-order valence-corrected chi connectivity index (χ4v) is 2.40. The number of thiazole rings is 1. The predicted octanol–water partition coefficient (Wildman–Crippen LogP) is 1.90. The fourth-order valence-electron chi connectivity index (χ4n) is 1.63. The Balaban J connectivity index is 1.90. The Morgan fingerprint density at radius 2 is 2.16 bits per heavy atom. The quantitative estimate of drug-likeness (QED) is 0.868. The molecule has 0 radical (unpaired) electrons. The van der Waals surface area contributed by atoms with Crippen LogP contribution in [0.3, 0.4) is 0 Å². The second-order valence-electron chi connectivity index (χ2n) is 4.05. The minimum Gasteiger partial charge on any atom is -0.476 e. The van der Waals surface area contributed by atoms with Gasteiger partial charge in [-0.25, -0.2) is 19.7 Å². The summed E-state index contributed by atoms with van der Waals surface area (Å²) in [4.78, 5) is 23.2. The minimum atomic E-state index is -0.988. The largest absolute Gasteiger partial charge is 0.476 e. The summed E-state index contributed by atoms with van der Waals surface area (Å²) in [5, 5.41) is 14.3. The van der Waals surface area contributed by atoms with Gasteiger partial charge in [-0.1, -0.05) is 0 Å². The number of carbonyl (C=O) groups is 1. The van der Waals surface area contributed by atoms with E-state index >= 15 is 0 Å². The summed E-state index contributed by atoms with van der Waals surface area (Å²) >= 11 is 1.35. The first kappa shape index (κ1) is 13.4. The third-order valence-electron chi connectivity index (χ3n) is 2.38. The van der Waals surface area contributed by atoms with E-state index in [0.29, 0.717) is 13.0 Å². The average molecular weight is 278 g/mol. The number of aromatic nitrogens is 3. The molecule has 2 aromatic rings. The van der Waals surface area contributed by atoms with Crippen molar-refractivity contribution >= 4 is 23.1 Å². The zero-order valence-electron chi connectivity index (χ0n) is 10.7. The van der Waals surface area contributed by atoms with Crippen LogP contribution in [0, 0.1) is 13.8 Å². The maximum absolute atomic E-state index is 10.7. The maximum atomic E-state index is 10.7. The highest BCUT2D eigenvalue weighted by Gasteiger charge is 2.08. The van der Waals surface area contributed by atoms with Crippen LogP contribution in [0.25, 0.3) is 0 Å². The summed E-state index contributed by atoms with van der Waals surface area (Å²) in [5.41, 5.74) is 1.02. The van der Waals surface area contributed by atoms with Crippen molar-refractivity contribution in [2.75, 3.05) is 11.9 Å². The Labute approximate surface area is 114 Å². The first-order valence-corrected chi connectivity index (χ1v) is 6.66. The van der Waals surface area contributed by atoms with Crippen LogP contribution in [-0.2, 0) is 6.42 Å². The predicted molar refractivity (Wildman–Crippen MR) is 72.8 cm³/mol. The highest BCUT2D eigenvalue weighted by atomic mass is 32.1. The average Bonchev–Trinajstić information content (AvgIpc) is 2.76. The number of rotatable bonds is 5. The molecule has 0 fully saturated rings. The molecule has 2 N–H and O–H groups in total. The molecule has 0 unspecified atom stereocenters. The molecule has 6 nitrogen and oxygen atoms in total. The lowest BCUT2D eigenvalue weighted by atomic mass is 10.4. The van der Waals surface area contributed by atoms with Crippen LogP contribution in [0.2, 0.25) is 0 Å². The van der Waals surface area contributed by atoms with Gasteiger partial charge < -0.3 is 10.4 Å². The summed E-state index contributed by atoms with van der Waals surface area (Å²) in [6.07, 6.45) is 0.667. The van der Waals surface area contributed by atoms with E-state index in [9.17, 15) is 4.79 Å². The second kappa shape index (κ2) is 5.75. The van der Waals surface area contributed by atoms with E-state index in [1.165, 1.54) is 11.3 Å². The standard InChI is InChI=1S/C12H14N4O2S/c1-7-5-10(15-8(2)14-7)13-4-3-11-16-9(6-19-11)12(17)18/h5-6H,3-4H2,1-2H3,(H,17,18)(H,13,14,15). The Morgan fingerprint density at radius 1 is 1.37 bits per heavy atom. The number of carboxylic acids is 1. The third-order valence-corrected chi connectivity index (χ3v) is 3.29. The van der Waals surface area contributed by atoms with E-state index in [4.69, 9.17) is 5.11 Å². The first-order valence-electron chi connectivity index (χ1n) is 5.78. The van der Waals surface area contributed by atoms with Gasteiger partial charge in [-0.3, -0.25) is 0 Å². The zero-order chi connectivity index (χ0) is 13.8. The molecule has 0 spiro atoms. The van der Waals surface area contributed by atoms with E-state index in [0.717, 1.165) is 22.3 Å². The number of aryl methyl sites for hydroxylation is 2. The van der Waals surface area contributed by atoms with Gasteiger partial charge in [0.1, 0.15) is 11.6 Å². The van der Waals surface area contributed by atoms with Crippen LogP contribution in [-0.4, -0.2) is 32.6 Å². The van der Waals surface area contributed by atoms with Crippen LogP contribution in [0.1, 0.15) is 27.0 Å². The monoisotopic (exact) mass is 278 g/mol. The molecule has 2 rings (SSSR count). The second-order valence-corrected chi connectivity index (χ2v) is 4.99. The van der Waals surface area contributed by atoms with Crippen molar-refractivity contribution in [2.45, 2.75) is 20.3 Å². The van der Waals surface area contributed by atoms with Crippen LogP contribution in [0.15, 0.2) is 11.4 Å². The molecule has 2 heterocycles. The van der Waals surface area contributed by atoms with E-state index in [-0.39, 0.29) is 5.69 Å². The molecular formula is C12H14N4O2S. The minimum absolute atomic E-state index is 0.105. The maximum Gasteiger partial charge on any atom is 0.355 e. The highest BCUT2D eigenvalue weighted by molar-refractivity contribution is 7.09. The van der Waals surface area contributed by atoms with Gasteiger partial charge in [-0.15, -0.1) is 11.3 Å². The Bertz CT molecular complexity index is 577. The molecule has 0 aromatic carbocycles. The number of nitrogens with one attached hydrogen (secondary N) is 1. The molecule has 0 saturated heterocycles. The SMILES string of the molecule is Cc1cc(NCCc2nc(C(=O)O)cs2)nc(C)n1. The molecule has 19 heavy (non-hydrogen) atoms. The Morgan fingerprint density at radius 3 is 2.79 bits per heavy atom. The molecule has 0 amide bonds. The summed E-state index contributed by atoms with van der Waals surface area (Å²) in [6, 6.07) is 1.87. The van der Waals surface area contributed by atoms with E-state index < -0.39 is 5.97 Å². The number of hydrogen-bond donors (Lipinski definition) is 2. The van der Waals surface area contributed by atoms with Crippen molar-refractivity contribution in [1.82, 2.24) is 15.0 Å². The lowest BCUT2D eigenvalue weighted by Gasteiger charge is -2.05. The number of aromatic carboxylic acids is 1. The molecule has 2 aromatic heterocycles. The summed E-state index contributed by atoms with van der Waals surface area (Å²) in [5.74, 6) is 0.516. The zero-order valence-corrected chi connectivity index (χ0v) is 11.5. The van der Waals surface area contributed by atoms with Crippen molar-refractivity contribution < 1.29 is 9.90 Å². The molecule has 100 valence electrons. The van der Waals surface area contributed by atoms with Crippen molar-refractivity contribution in [2.24, 2.45) is 0 Å². The highest BCUT2D eigenvalue weighted by Crippen LogP contribution is 2.11. The summed E-state index contributed by atoms with van der Waals surface area (Å²) in [6.45, 7) is 4.42. The van der Waals surface area contributed by atoms with Crippen molar-refractivity contribution in [3.8, 4) is 0 Å². The van der Waals surface area contributed by atoms with Crippen LogP contribution < -0.4 is 5.32 Å². The normalized spacial score (nSPS) is 10.4. The number of nitrogens with zero attached hydrogens (tertiary/aromatic N) is 3. The first-order chi connectivity index (χ1) is 9.04. The molecule has 0 aliphatic heterocycles. The van der Waals surface area contributed by atoms with Crippen LogP contribution in [0.4, 0.5) is 5.82 Å². The van der Waals surface area contributed by atoms with Gasteiger partial charge in [0.25, 0.3) is 0 Å². The lowest BCUT2D eigenvalue weighted by molar-refractivity contribution is 0.0691. The molecule has 0 saturated carbocycles.